The van der Waals surface area contributed by atoms with Gasteiger partial charge in [-0.2, -0.15) is 0 Å². The van der Waals surface area contributed by atoms with Crippen LogP contribution in [-0.4, -0.2) is 23.5 Å². The Morgan fingerprint density at radius 3 is 2.60 bits per heavy atom. The van der Waals surface area contributed by atoms with Crippen molar-refractivity contribution in [2.75, 3.05) is 24.7 Å². The molecule has 0 bridgehead atoms. The molecule has 0 spiro atoms. The van der Waals surface area contributed by atoms with E-state index in [1.165, 1.54) is 0 Å². The SMILES string of the molecule is CN(C)c1ccc2c(=O)n3c4ccc(N)cc4nc3c3cccc1c23. The average molecular weight is 328 g/mol. The third kappa shape index (κ3) is 1.72. The van der Waals surface area contributed by atoms with Crippen molar-refractivity contribution >= 4 is 49.6 Å². The molecule has 5 aromatic rings. The molecular weight excluding hydrogens is 312 g/mol. The topological polar surface area (TPSA) is 63.6 Å². The Balaban J connectivity index is 2.12. The quantitative estimate of drug-likeness (QED) is 0.480. The number of fused-ring (bicyclic) bond motifs is 4. The van der Waals surface area contributed by atoms with E-state index in [2.05, 4.69) is 11.0 Å². The van der Waals surface area contributed by atoms with Crippen LogP contribution in [0.25, 0.3) is 38.2 Å². The smallest absolute Gasteiger partial charge is 0.264 e. The van der Waals surface area contributed by atoms with Gasteiger partial charge in [-0.25, -0.2) is 4.98 Å². The summed E-state index contributed by atoms with van der Waals surface area (Å²) in [5.41, 5.74) is 9.77. The van der Waals surface area contributed by atoms with Crippen molar-refractivity contribution < 1.29 is 0 Å². The molecular formula is C20H16N4O. The number of nitrogen functional groups attached to an aromatic ring is 1. The summed E-state index contributed by atoms with van der Waals surface area (Å²) in [4.78, 5) is 20.0. The molecule has 25 heavy (non-hydrogen) atoms. The zero-order valence-corrected chi connectivity index (χ0v) is 13.9. The van der Waals surface area contributed by atoms with Gasteiger partial charge in [0.2, 0.25) is 0 Å². The van der Waals surface area contributed by atoms with E-state index in [0.29, 0.717) is 16.7 Å². The van der Waals surface area contributed by atoms with Crippen molar-refractivity contribution in [3.05, 3.63) is 58.9 Å². The van der Waals surface area contributed by atoms with Gasteiger partial charge in [0.1, 0.15) is 5.65 Å². The summed E-state index contributed by atoms with van der Waals surface area (Å²) < 4.78 is 1.70. The second-order valence-electron chi connectivity index (χ2n) is 6.58. The fraction of sp³-hybridized carbons (Fsp3) is 0.100. The van der Waals surface area contributed by atoms with Crippen LogP contribution < -0.4 is 16.2 Å². The molecule has 0 aliphatic carbocycles. The van der Waals surface area contributed by atoms with Crippen LogP contribution in [0.2, 0.25) is 0 Å². The third-order valence-electron chi connectivity index (χ3n) is 4.85. The van der Waals surface area contributed by atoms with Crippen LogP contribution in [0.5, 0.6) is 0 Å². The molecule has 5 nitrogen and oxygen atoms in total. The molecule has 0 amide bonds. The van der Waals surface area contributed by atoms with Gasteiger partial charge in [-0.3, -0.25) is 9.20 Å². The third-order valence-corrected chi connectivity index (χ3v) is 4.85. The molecule has 0 atom stereocenters. The maximum atomic E-state index is 13.2. The van der Waals surface area contributed by atoms with E-state index in [1.54, 1.807) is 10.5 Å². The molecule has 3 aromatic carbocycles. The Hall–Kier alpha value is -3.34. The molecule has 0 saturated carbocycles. The van der Waals surface area contributed by atoms with E-state index in [4.69, 9.17) is 10.7 Å². The minimum Gasteiger partial charge on any atom is -0.399 e. The van der Waals surface area contributed by atoms with Crippen LogP contribution in [0.3, 0.4) is 0 Å². The zero-order valence-electron chi connectivity index (χ0n) is 13.9. The van der Waals surface area contributed by atoms with Crippen molar-refractivity contribution in [3.8, 4) is 0 Å². The first-order chi connectivity index (χ1) is 12.1. The first kappa shape index (κ1) is 14.0. The molecule has 0 saturated heterocycles. The highest BCUT2D eigenvalue weighted by Gasteiger charge is 2.17. The van der Waals surface area contributed by atoms with E-state index in [0.717, 1.165) is 32.9 Å². The van der Waals surface area contributed by atoms with Crippen LogP contribution in [0.1, 0.15) is 0 Å². The predicted octanol–water partition coefficient (Wildman–Crippen LogP) is 3.24. The molecule has 2 N–H and O–H groups in total. The first-order valence-corrected chi connectivity index (χ1v) is 8.12. The number of rotatable bonds is 1. The number of pyridine rings is 1. The highest BCUT2D eigenvalue weighted by molar-refractivity contribution is 6.18. The van der Waals surface area contributed by atoms with Crippen LogP contribution in [0, 0.1) is 0 Å². The Labute approximate surface area is 143 Å². The summed E-state index contributed by atoms with van der Waals surface area (Å²) >= 11 is 0. The van der Waals surface area contributed by atoms with E-state index < -0.39 is 0 Å². The van der Waals surface area contributed by atoms with Crippen LogP contribution in [0.15, 0.2) is 53.3 Å². The van der Waals surface area contributed by atoms with Gasteiger partial charge in [0, 0.05) is 47.0 Å². The molecule has 0 aliphatic heterocycles. The summed E-state index contributed by atoms with van der Waals surface area (Å²) in [7, 11) is 4.01. The molecule has 0 fully saturated rings. The number of nitrogens with zero attached hydrogens (tertiary/aromatic N) is 3. The Morgan fingerprint density at radius 2 is 1.80 bits per heavy atom. The summed E-state index contributed by atoms with van der Waals surface area (Å²) in [5.74, 6) is 0. The monoisotopic (exact) mass is 328 g/mol. The normalized spacial score (nSPS) is 11.9. The summed E-state index contributed by atoms with van der Waals surface area (Å²) in [6, 6.07) is 15.5. The number of aromatic nitrogens is 2. The van der Waals surface area contributed by atoms with E-state index in [1.807, 2.05) is 50.5 Å². The number of nitrogens with two attached hydrogens (primary N) is 1. The zero-order chi connectivity index (χ0) is 17.3. The van der Waals surface area contributed by atoms with Crippen LogP contribution in [0.4, 0.5) is 11.4 Å². The number of hydrogen-bond donors (Lipinski definition) is 1. The van der Waals surface area contributed by atoms with Crippen molar-refractivity contribution in [1.82, 2.24) is 9.38 Å². The van der Waals surface area contributed by atoms with Gasteiger partial charge in [-0.1, -0.05) is 18.2 Å². The van der Waals surface area contributed by atoms with E-state index in [9.17, 15) is 4.79 Å². The molecule has 5 heteroatoms. The van der Waals surface area contributed by atoms with Crippen molar-refractivity contribution in [2.24, 2.45) is 0 Å². The van der Waals surface area contributed by atoms with Crippen molar-refractivity contribution in [2.45, 2.75) is 0 Å². The first-order valence-electron chi connectivity index (χ1n) is 8.12. The fourth-order valence-corrected chi connectivity index (χ4v) is 3.75. The summed E-state index contributed by atoms with van der Waals surface area (Å²) in [5, 5.41) is 3.71. The fourth-order valence-electron chi connectivity index (χ4n) is 3.75. The van der Waals surface area contributed by atoms with Gasteiger partial charge >= 0.3 is 0 Å². The molecule has 122 valence electrons. The number of benzene rings is 3. The lowest BCUT2D eigenvalue weighted by atomic mass is 10.0. The minimum atomic E-state index is -0.0451. The summed E-state index contributed by atoms with van der Waals surface area (Å²) in [6.45, 7) is 0. The molecule has 0 aliphatic rings. The van der Waals surface area contributed by atoms with Gasteiger partial charge in [0.05, 0.1) is 11.0 Å². The number of imidazole rings is 1. The lowest BCUT2D eigenvalue weighted by Gasteiger charge is -2.17. The Morgan fingerprint density at radius 1 is 1.00 bits per heavy atom. The molecule has 5 rings (SSSR count). The minimum absolute atomic E-state index is 0.0451. The average Bonchev–Trinajstić information content (AvgIpc) is 2.97. The van der Waals surface area contributed by atoms with Crippen molar-refractivity contribution in [1.29, 1.82) is 0 Å². The van der Waals surface area contributed by atoms with Crippen molar-refractivity contribution in [3.63, 3.8) is 0 Å². The largest absolute Gasteiger partial charge is 0.399 e. The highest BCUT2D eigenvalue weighted by atomic mass is 16.1. The molecule has 0 unspecified atom stereocenters. The lowest BCUT2D eigenvalue weighted by Crippen LogP contribution is -2.15. The maximum Gasteiger partial charge on any atom is 0.264 e. The standard InChI is InChI=1S/C20H16N4O/c1-23(2)16-9-7-14-18-12(16)4-3-5-13(18)19-22-15-10-11(21)6-8-17(15)24(19)20(14)25/h3-10H,21H2,1-2H3. The predicted molar refractivity (Wildman–Crippen MR) is 104 cm³/mol. The number of anilines is 2. The van der Waals surface area contributed by atoms with Gasteiger partial charge in [0.15, 0.2) is 0 Å². The van der Waals surface area contributed by atoms with Gasteiger partial charge in [-0.05, 0) is 30.3 Å². The lowest BCUT2D eigenvalue weighted by molar-refractivity contribution is 1.14. The van der Waals surface area contributed by atoms with Crippen LogP contribution in [-0.2, 0) is 0 Å². The second kappa shape index (κ2) is 4.60. The van der Waals surface area contributed by atoms with Gasteiger partial charge in [-0.15, -0.1) is 0 Å². The van der Waals surface area contributed by atoms with E-state index in [-0.39, 0.29) is 5.56 Å². The molecule has 2 aromatic heterocycles. The van der Waals surface area contributed by atoms with Gasteiger partial charge in [0.25, 0.3) is 5.56 Å². The maximum absolute atomic E-state index is 13.2. The second-order valence-corrected chi connectivity index (χ2v) is 6.58. The Kier molecular flexibility index (Phi) is 2.58. The molecule has 2 heterocycles. The Bertz CT molecular complexity index is 1350. The van der Waals surface area contributed by atoms with E-state index >= 15 is 0 Å². The van der Waals surface area contributed by atoms with Crippen LogP contribution >= 0.6 is 0 Å². The summed E-state index contributed by atoms with van der Waals surface area (Å²) in [6.07, 6.45) is 0. The number of hydrogen-bond acceptors (Lipinski definition) is 4. The van der Waals surface area contributed by atoms with Gasteiger partial charge < -0.3 is 10.6 Å². The highest BCUT2D eigenvalue weighted by Crippen LogP contribution is 2.34. The molecule has 0 radical (unpaired) electrons.